The molecule has 1 aliphatic carbocycles. The Balaban J connectivity index is 1.70. The molecule has 1 aromatic heterocycles. The second-order valence-corrected chi connectivity index (χ2v) is 11.0. The van der Waals surface area contributed by atoms with Crippen LogP contribution < -0.4 is 10.1 Å². The van der Waals surface area contributed by atoms with Gasteiger partial charge < -0.3 is 14.6 Å². The summed E-state index contributed by atoms with van der Waals surface area (Å²) in [5.41, 5.74) is 1.18. The monoisotopic (exact) mass is 472 g/mol. The Morgan fingerprint density at radius 2 is 1.88 bits per heavy atom. The molecule has 1 fully saturated rings. The van der Waals surface area contributed by atoms with Crippen LogP contribution in [0.25, 0.3) is 0 Å². The highest BCUT2D eigenvalue weighted by Crippen LogP contribution is 2.31. The zero-order chi connectivity index (χ0) is 24.0. The van der Waals surface area contributed by atoms with E-state index in [-0.39, 0.29) is 12.0 Å². The zero-order valence-corrected chi connectivity index (χ0v) is 21.8. The maximum Gasteiger partial charge on any atom is 0.230 e. The second-order valence-electron chi connectivity index (χ2n) is 10.0. The van der Waals surface area contributed by atoms with Crippen molar-refractivity contribution >= 4 is 17.7 Å². The van der Waals surface area contributed by atoms with Gasteiger partial charge in [-0.05, 0) is 49.1 Å². The van der Waals surface area contributed by atoms with Crippen molar-refractivity contribution in [3.63, 3.8) is 0 Å². The highest BCUT2D eigenvalue weighted by molar-refractivity contribution is 7.99. The molecular weight excluding hydrogens is 432 g/mol. The Bertz CT molecular complexity index is 911. The van der Waals surface area contributed by atoms with Crippen molar-refractivity contribution in [2.45, 2.75) is 97.0 Å². The summed E-state index contributed by atoms with van der Waals surface area (Å²) in [7, 11) is 0. The van der Waals surface area contributed by atoms with Gasteiger partial charge in [0.1, 0.15) is 5.75 Å². The molecule has 0 saturated heterocycles. The van der Waals surface area contributed by atoms with E-state index in [0.717, 1.165) is 29.7 Å². The third kappa shape index (κ3) is 6.98. The molecule has 2 aromatic rings. The van der Waals surface area contributed by atoms with Gasteiger partial charge in [-0.1, -0.05) is 77.4 Å². The van der Waals surface area contributed by atoms with Gasteiger partial charge in [0, 0.05) is 12.6 Å². The quantitative estimate of drug-likeness (QED) is 0.431. The summed E-state index contributed by atoms with van der Waals surface area (Å²) in [6.07, 6.45) is 4.50. The molecule has 0 radical (unpaired) electrons. The first kappa shape index (κ1) is 25.6. The van der Waals surface area contributed by atoms with E-state index in [4.69, 9.17) is 4.74 Å². The van der Waals surface area contributed by atoms with Crippen molar-refractivity contribution in [3.8, 4) is 5.75 Å². The van der Waals surface area contributed by atoms with Crippen molar-refractivity contribution in [2.75, 3.05) is 5.75 Å². The molecule has 1 aliphatic rings. The Morgan fingerprint density at radius 1 is 1.15 bits per heavy atom. The zero-order valence-electron chi connectivity index (χ0n) is 21.0. The summed E-state index contributed by atoms with van der Waals surface area (Å²) in [6, 6.07) is 8.47. The minimum atomic E-state index is -0.248. The molecule has 1 aromatic carbocycles. The van der Waals surface area contributed by atoms with E-state index in [1.807, 2.05) is 25.1 Å². The van der Waals surface area contributed by atoms with Gasteiger partial charge in [0.25, 0.3) is 0 Å². The van der Waals surface area contributed by atoms with Crippen LogP contribution in [-0.4, -0.2) is 32.5 Å². The minimum absolute atomic E-state index is 0.0783. The van der Waals surface area contributed by atoms with E-state index in [0.29, 0.717) is 29.5 Å². The first-order valence-corrected chi connectivity index (χ1v) is 13.4. The number of nitrogens with one attached hydrogen (secondary N) is 1. The van der Waals surface area contributed by atoms with Gasteiger partial charge in [-0.3, -0.25) is 4.79 Å². The number of thioether (sulfide) groups is 1. The van der Waals surface area contributed by atoms with E-state index in [1.165, 1.54) is 36.6 Å². The standard InChI is InChI=1S/C26H40N4O2S/c1-17(2)15-30-25(20(6)32-23-14-10-8-12-21(23)18(3)4)28-29-26(30)33-16-24(31)27-22-13-9-7-11-19(22)5/h8,10,12,14,17-20,22H,7,9,11,13,15-16H2,1-6H3,(H,27,31). The maximum atomic E-state index is 12.6. The molecule has 1 amide bonds. The number of ether oxygens (including phenoxy) is 1. The molecule has 7 heteroatoms. The van der Waals surface area contributed by atoms with Gasteiger partial charge in [0.2, 0.25) is 5.91 Å². The van der Waals surface area contributed by atoms with Crippen molar-refractivity contribution in [2.24, 2.45) is 11.8 Å². The highest BCUT2D eigenvalue weighted by Gasteiger charge is 2.25. The fraction of sp³-hybridized carbons (Fsp3) is 0.654. The fourth-order valence-corrected chi connectivity index (χ4v) is 5.23. The number of hydrogen-bond acceptors (Lipinski definition) is 5. The molecule has 1 heterocycles. The van der Waals surface area contributed by atoms with E-state index in [2.05, 4.69) is 60.8 Å². The van der Waals surface area contributed by atoms with Crippen LogP contribution in [-0.2, 0) is 11.3 Å². The fourth-order valence-electron chi connectivity index (χ4n) is 4.46. The number of carbonyl (C=O) groups excluding carboxylic acids is 1. The summed E-state index contributed by atoms with van der Waals surface area (Å²) in [5, 5.41) is 12.9. The van der Waals surface area contributed by atoms with Crippen LogP contribution in [0.1, 0.15) is 90.6 Å². The molecule has 182 valence electrons. The van der Waals surface area contributed by atoms with Gasteiger partial charge in [-0.15, -0.1) is 10.2 Å². The molecule has 33 heavy (non-hydrogen) atoms. The first-order valence-electron chi connectivity index (χ1n) is 12.4. The Morgan fingerprint density at radius 3 is 2.58 bits per heavy atom. The molecule has 3 atom stereocenters. The van der Waals surface area contributed by atoms with Crippen molar-refractivity contribution in [3.05, 3.63) is 35.7 Å². The van der Waals surface area contributed by atoms with Crippen molar-refractivity contribution in [1.29, 1.82) is 0 Å². The molecule has 0 bridgehead atoms. The summed E-state index contributed by atoms with van der Waals surface area (Å²) in [6.45, 7) is 13.7. The molecule has 1 saturated carbocycles. The maximum absolute atomic E-state index is 12.6. The predicted octanol–water partition coefficient (Wildman–Crippen LogP) is 5.98. The van der Waals surface area contributed by atoms with Gasteiger partial charge in [-0.2, -0.15) is 0 Å². The number of nitrogens with zero attached hydrogens (tertiary/aromatic N) is 3. The van der Waals surface area contributed by atoms with E-state index in [1.54, 1.807) is 0 Å². The number of hydrogen-bond donors (Lipinski definition) is 1. The molecule has 6 nitrogen and oxygen atoms in total. The lowest BCUT2D eigenvalue weighted by Crippen LogP contribution is -2.41. The predicted molar refractivity (Wildman–Crippen MR) is 135 cm³/mol. The van der Waals surface area contributed by atoms with E-state index >= 15 is 0 Å². The summed E-state index contributed by atoms with van der Waals surface area (Å²) < 4.78 is 8.47. The molecule has 0 aliphatic heterocycles. The second kappa shape index (κ2) is 11.9. The summed E-state index contributed by atoms with van der Waals surface area (Å²) >= 11 is 1.46. The number of rotatable bonds is 10. The van der Waals surface area contributed by atoms with Crippen LogP contribution in [0.2, 0.25) is 0 Å². The lowest BCUT2D eigenvalue weighted by Gasteiger charge is -2.29. The molecular formula is C26H40N4O2S. The molecule has 3 rings (SSSR count). The van der Waals surface area contributed by atoms with Crippen LogP contribution in [0.4, 0.5) is 0 Å². The topological polar surface area (TPSA) is 69.0 Å². The van der Waals surface area contributed by atoms with Crippen LogP contribution in [0.15, 0.2) is 29.4 Å². The Labute approximate surface area is 203 Å². The summed E-state index contributed by atoms with van der Waals surface area (Å²) in [5.74, 6) is 3.46. The molecule has 0 spiro atoms. The van der Waals surface area contributed by atoms with Crippen molar-refractivity contribution < 1.29 is 9.53 Å². The molecule has 1 N–H and O–H groups in total. The average Bonchev–Trinajstić information content (AvgIpc) is 3.16. The van der Waals surface area contributed by atoms with Crippen LogP contribution in [0.5, 0.6) is 5.75 Å². The largest absolute Gasteiger partial charge is 0.482 e. The highest BCUT2D eigenvalue weighted by atomic mass is 32.2. The van der Waals surface area contributed by atoms with Crippen LogP contribution in [0, 0.1) is 11.8 Å². The lowest BCUT2D eigenvalue weighted by atomic mass is 9.86. The first-order chi connectivity index (χ1) is 15.8. The number of carbonyl (C=O) groups is 1. The van der Waals surface area contributed by atoms with Crippen molar-refractivity contribution in [1.82, 2.24) is 20.1 Å². The Hall–Kier alpha value is -2.02. The number of para-hydroxylation sites is 1. The van der Waals surface area contributed by atoms with Gasteiger partial charge >= 0.3 is 0 Å². The molecule has 3 unspecified atom stereocenters. The number of aromatic nitrogens is 3. The average molecular weight is 473 g/mol. The minimum Gasteiger partial charge on any atom is -0.482 e. The van der Waals surface area contributed by atoms with E-state index in [9.17, 15) is 4.79 Å². The Kier molecular flexibility index (Phi) is 9.24. The van der Waals surface area contributed by atoms with Gasteiger partial charge in [0.05, 0.1) is 5.75 Å². The number of amides is 1. The van der Waals surface area contributed by atoms with Gasteiger partial charge in [-0.25, -0.2) is 0 Å². The van der Waals surface area contributed by atoms with Crippen LogP contribution in [0.3, 0.4) is 0 Å². The smallest absolute Gasteiger partial charge is 0.230 e. The SMILES string of the molecule is CC(C)Cn1c(SCC(=O)NC2CCCCC2C)nnc1C(C)Oc1ccccc1C(C)C. The third-order valence-electron chi connectivity index (χ3n) is 6.29. The normalized spacial score (nSPS) is 19.6. The lowest BCUT2D eigenvalue weighted by molar-refractivity contribution is -0.119. The third-order valence-corrected chi connectivity index (χ3v) is 7.26. The van der Waals surface area contributed by atoms with Gasteiger partial charge in [0.15, 0.2) is 17.1 Å². The summed E-state index contributed by atoms with van der Waals surface area (Å²) in [4.78, 5) is 12.6. The number of benzene rings is 1. The van der Waals surface area contributed by atoms with Crippen LogP contribution >= 0.6 is 11.8 Å². The van der Waals surface area contributed by atoms with E-state index < -0.39 is 0 Å².